The minimum Gasteiger partial charge on any atom is -0.379 e. The first-order valence-electron chi connectivity index (χ1n) is 3.69. The lowest BCUT2D eigenvalue weighted by Crippen LogP contribution is -2.45. The molecular weight excluding hydrogens is 221 g/mol. The Hall–Kier alpha value is -0.750. The molecule has 1 aromatic heterocycles. The summed E-state index contributed by atoms with van der Waals surface area (Å²) in [5.74, 6) is 0. The van der Waals surface area contributed by atoms with Gasteiger partial charge in [-0.3, -0.25) is 4.68 Å². The first kappa shape index (κ1) is 11.3. The van der Waals surface area contributed by atoms with Crippen molar-refractivity contribution in [1.29, 1.82) is 0 Å². The molecule has 0 aliphatic heterocycles. The third kappa shape index (κ3) is 2.39. The van der Waals surface area contributed by atoms with E-state index in [4.69, 9.17) is 16.7 Å². The Labute approximate surface area is 83.1 Å². The van der Waals surface area contributed by atoms with Crippen LogP contribution in [0.4, 0.5) is 13.2 Å². The van der Waals surface area contributed by atoms with Crippen LogP contribution in [0.25, 0.3) is 0 Å². The Morgan fingerprint density at radius 2 is 2.14 bits per heavy atom. The van der Waals surface area contributed by atoms with Crippen LogP contribution in [-0.2, 0) is 6.54 Å². The third-order valence-electron chi connectivity index (χ3n) is 1.68. The smallest absolute Gasteiger partial charge is 0.379 e. The van der Waals surface area contributed by atoms with Crippen molar-refractivity contribution in [3.63, 3.8) is 0 Å². The van der Waals surface area contributed by atoms with Gasteiger partial charge in [-0.2, -0.15) is 18.3 Å². The van der Waals surface area contributed by atoms with Crippen molar-refractivity contribution in [2.45, 2.75) is 25.2 Å². The highest BCUT2D eigenvalue weighted by atomic mass is 35.5. The largest absolute Gasteiger partial charge is 0.418 e. The van der Waals surface area contributed by atoms with Gasteiger partial charge in [0, 0.05) is 6.20 Å². The van der Waals surface area contributed by atoms with Gasteiger partial charge in [-0.1, -0.05) is 11.6 Å². The fraction of sp³-hybridized carbons (Fsp3) is 0.571. The van der Waals surface area contributed by atoms with Gasteiger partial charge >= 0.3 is 6.18 Å². The topological polar surface area (TPSA) is 38.0 Å². The molecule has 0 spiro atoms. The van der Waals surface area contributed by atoms with Crippen molar-refractivity contribution in [1.82, 2.24) is 9.78 Å². The SMILES string of the molecule is CC(O)(Cn1cc(Cl)cn1)C(F)(F)F. The van der Waals surface area contributed by atoms with Crippen molar-refractivity contribution in [2.75, 3.05) is 0 Å². The monoisotopic (exact) mass is 228 g/mol. The molecule has 1 aromatic rings. The zero-order chi connectivity index (χ0) is 11.0. The fourth-order valence-electron chi connectivity index (χ4n) is 0.830. The van der Waals surface area contributed by atoms with Crippen LogP contribution >= 0.6 is 11.6 Å². The van der Waals surface area contributed by atoms with Crippen molar-refractivity contribution < 1.29 is 18.3 Å². The summed E-state index contributed by atoms with van der Waals surface area (Å²) < 4.78 is 37.5. The van der Waals surface area contributed by atoms with Crippen molar-refractivity contribution in [3.8, 4) is 0 Å². The van der Waals surface area contributed by atoms with E-state index >= 15 is 0 Å². The second-order valence-electron chi connectivity index (χ2n) is 3.13. The standard InChI is InChI=1S/C7H8ClF3N2O/c1-6(14,7(9,10)11)4-13-3-5(8)2-12-13/h2-3,14H,4H2,1H3. The molecule has 0 amide bonds. The molecular formula is C7H8ClF3N2O. The molecule has 1 unspecified atom stereocenters. The molecule has 3 nitrogen and oxygen atoms in total. The summed E-state index contributed by atoms with van der Waals surface area (Å²) in [6, 6.07) is 0. The highest BCUT2D eigenvalue weighted by Crippen LogP contribution is 2.31. The highest BCUT2D eigenvalue weighted by Gasteiger charge is 2.50. The lowest BCUT2D eigenvalue weighted by atomic mass is 10.1. The Morgan fingerprint density at radius 3 is 2.50 bits per heavy atom. The number of hydrogen-bond donors (Lipinski definition) is 1. The van der Waals surface area contributed by atoms with Crippen molar-refractivity contribution >= 4 is 11.6 Å². The molecule has 0 aliphatic carbocycles. The molecule has 1 heterocycles. The summed E-state index contributed by atoms with van der Waals surface area (Å²) >= 11 is 5.46. The number of hydrogen-bond acceptors (Lipinski definition) is 2. The molecule has 0 aliphatic rings. The van der Waals surface area contributed by atoms with Gasteiger partial charge in [-0.15, -0.1) is 0 Å². The molecule has 0 saturated carbocycles. The van der Waals surface area contributed by atoms with Crippen LogP contribution in [0.5, 0.6) is 0 Å². The molecule has 0 radical (unpaired) electrons. The summed E-state index contributed by atoms with van der Waals surface area (Å²) in [5, 5.41) is 12.8. The number of nitrogens with zero attached hydrogens (tertiary/aromatic N) is 2. The zero-order valence-electron chi connectivity index (χ0n) is 7.22. The second kappa shape index (κ2) is 3.43. The maximum atomic E-state index is 12.2. The molecule has 14 heavy (non-hydrogen) atoms. The number of rotatable bonds is 2. The molecule has 0 fully saturated rings. The van der Waals surface area contributed by atoms with E-state index in [1.165, 1.54) is 12.4 Å². The molecule has 0 saturated heterocycles. The van der Waals surface area contributed by atoms with Crippen LogP contribution in [0.15, 0.2) is 12.4 Å². The van der Waals surface area contributed by atoms with E-state index < -0.39 is 18.3 Å². The van der Waals surface area contributed by atoms with Gasteiger partial charge < -0.3 is 5.11 Å². The van der Waals surface area contributed by atoms with Crippen LogP contribution in [0, 0.1) is 0 Å². The summed E-state index contributed by atoms with van der Waals surface area (Å²) in [5.41, 5.74) is -2.80. The van der Waals surface area contributed by atoms with Gasteiger partial charge in [0.1, 0.15) is 0 Å². The number of aromatic nitrogens is 2. The Balaban J connectivity index is 2.78. The average Bonchev–Trinajstić information content (AvgIpc) is 2.31. The summed E-state index contributed by atoms with van der Waals surface area (Å²) in [4.78, 5) is 0. The summed E-state index contributed by atoms with van der Waals surface area (Å²) in [6.45, 7) is 0.00576. The predicted molar refractivity (Wildman–Crippen MR) is 43.9 cm³/mol. The van der Waals surface area contributed by atoms with E-state index in [1.54, 1.807) is 0 Å². The minimum atomic E-state index is -4.69. The fourth-order valence-corrected chi connectivity index (χ4v) is 0.986. The maximum absolute atomic E-state index is 12.2. The molecule has 7 heteroatoms. The Bertz CT molecular complexity index is 321. The van der Waals surface area contributed by atoms with Crippen molar-refractivity contribution in [3.05, 3.63) is 17.4 Å². The quantitative estimate of drug-likeness (QED) is 0.839. The predicted octanol–water partition coefficient (Wildman–Crippen LogP) is 1.85. The molecule has 0 aromatic carbocycles. The van der Waals surface area contributed by atoms with Crippen LogP contribution in [0.1, 0.15) is 6.92 Å². The lowest BCUT2D eigenvalue weighted by molar-refractivity contribution is -0.258. The molecule has 1 atom stereocenters. The maximum Gasteiger partial charge on any atom is 0.418 e. The van der Waals surface area contributed by atoms with Crippen LogP contribution in [0.2, 0.25) is 5.02 Å². The van der Waals surface area contributed by atoms with Crippen LogP contribution in [-0.4, -0.2) is 26.7 Å². The average molecular weight is 229 g/mol. The number of alkyl halides is 3. The molecule has 80 valence electrons. The van der Waals surface area contributed by atoms with Gasteiger partial charge in [0.15, 0.2) is 5.60 Å². The normalized spacial score (nSPS) is 16.7. The second-order valence-corrected chi connectivity index (χ2v) is 3.56. The number of aliphatic hydroxyl groups is 1. The van der Waals surface area contributed by atoms with Gasteiger partial charge in [-0.25, -0.2) is 0 Å². The van der Waals surface area contributed by atoms with E-state index in [9.17, 15) is 13.2 Å². The summed E-state index contributed by atoms with van der Waals surface area (Å²) in [6.07, 6.45) is -2.28. The highest BCUT2D eigenvalue weighted by molar-refractivity contribution is 6.30. The lowest BCUT2D eigenvalue weighted by Gasteiger charge is -2.25. The van der Waals surface area contributed by atoms with Gasteiger partial charge in [0.05, 0.1) is 17.8 Å². The van der Waals surface area contributed by atoms with E-state index in [2.05, 4.69) is 5.10 Å². The number of halogens is 4. The first-order valence-corrected chi connectivity index (χ1v) is 4.07. The van der Waals surface area contributed by atoms with Gasteiger partial charge in [-0.05, 0) is 6.92 Å². The summed E-state index contributed by atoms with van der Waals surface area (Å²) in [7, 11) is 0. The van der Waals surface area contributed by atoms with Gasteiger partial charge in [0.2, 0.25) is 0 Å². The molecule has 1 rings (SSSR count). The van der Waals surface area contributed by atoms with E-state index in [1.807, 2.05) is 0 Å². The first-order chi connectivity index (χ1) is 6.22. The molecule has 1 N–H and O–H groups in total. The van der Waals surface area contributed by atoms with Crippen LogP contribution in [0.3, 0.4) is 0 Å². The zero-order valence-corrected chi connectivity index (χ0v) is 7.97. The Morgan fingerprint density at radius 1 is 1.57 bits per heavy atom. The van der Waals surface area contributed by atoms with Crippen LogP contribution < -0.4 is 0 Å². The Kier molecular flexibility index (Phi) is 2.78. The van der Waals surface area contributed by atoms with E-state index in [0.29, 0.717) is 6.92 Å². The third-order valence-corrected chi connectivity index (χ3v) is 1.88. The van der Waals surface area contributed by atoms with Gasteiger partial charge in [0.25, 0.3) is 0 Å². The van der Waals surface area contributed by atoms with E-state index in [0.717, 1.165) is 4.68 Å². The molecule has 0 bridgehead atoms. The van der Waals surface area contributed by atoms with E-state index in [-0.39, 0.29) is 5.02 Å². The minimum absolute atomic E-state index is 0.225. The van der Waals surface area contributed by atoms with Crippen molar-refractivity contribution in [2.24, 2.45) is 0 Å².